The van der Waals surface area contributed by atoms with Crippen LogP contribution in [0.25, 0.3) is 0 Å². The largest absolute Gasteiger partial charge is 0.490 e. The number of hydrogen-bond donors (Lipinski definition) is 1. The van der Waals surface area contributed by atoms with Crippen molar-refractivity contribution in [3.05, 3.63) is 40.0 Å². The second-order valence-electron chi connectivity index (χ2n) is 5.48. The number of nitrogens with zero attached hydrogens (tertiary/aromatic N) is 2. The van der Waals surface area contributed by atoms with Gasteiger partial charge in [-0.2, -0.15) is 0 Å². The second-order valence-corrected chi connectivity index (χ2v) is 9.13. The van der Waals surface area contributed by atoms with Crippen LogP contribution in [0.1, 0.15) is 11.1 Å². The van der Waals surface area contributed by atoms with E-state index >= 15 is 0 Å². The minimum absolute atomic E-state index is 0.122. The molecule has 0 aliphatic rings. The van der Waals surface area contributed by atoms with Crippen LogP contribution in [0, 0.1) is 6.92 Å². The number of nitrogens with one attached hydrogen (secondary N) is 1. The maximum atomic E-state index is 12.4. The maximum absolute atomic E-state index is 12.4. The molecule has 0 amide bonds. The summed E-state index contributed by atoms with van der Waals surface area (Å²) < 4.78 is 33.7. The molecular formula is C15H20ClN3O3S2. The van der Waals surface area contributed by atoms with Gasteiger partial charge >= 0.3 is 0 Å². The van der Waals surface area contributed by atoms with Crippen molar-refractivity contribution in [1.82, 2.24) is 14.6 Å². The number of thiophene rings is 1. The molecule has 2 heterocycles. The molecule has 2 rings (SSSR count). The Morgan fingerprint density at radius 3 is 2.79 bits per heavy atom. The van der Waals surface area contributed by atoms with Gasteiger partial charge in [0, 0.05) is 24.8 Å². The van der Waals surface area contributed by atoms with E-state index in [1.165, 1.54) is 0 Å². The molecule has 2 aromatic rings. The third-order valence-electron chi connectivity index (χ3n) is 3.22. The lowest BCUT2D eigenvalue weighted by atomic mass is 10.2. The number of halogens is 1. The smallest absolute Gasteiger partial charge is 0.250 e. The Bertz CT molecular complexity index is 772. The Kier molecular flexibility index (Phi) is 6.59. The fourth-order valence-electron chi connectivity index (χ4n) is 1.83. The predicted molar refractivity (Wildman–Crippen MR) is 96.4 cm³/mol. The lowest BCUT2D eigenvalue weighted by molar-refractivity contribution is 0.258. The van der Waals surface area contributed by atoms with Crippen LogP contribution in [0.2, 0.25) is 4.34 Å². The van der Waals surface area contributed by atoms with Crippen molar-refractivity contribution >= 4 is 33.0 Å². The van der Waals surface area contributed by atoms with Crippen molar-refractivity contribution in [2.75, 3.05) is 27.2 Å². The molecule has 9 heteroatoms. The molecule has 0 bridgehead atoms. The summed E-state index contributed by atoms with van der Waals surface area (Å²) in [5.41, 5.74) is 1.48. The van der Waals surface area contributed by atoms with Crippen molar-refractivity contribution in [2.45, 2.75) is 17.7 Å². The molecule has 2 aromatic heterocycles. The van der Waals surface area contributed by atoms with Crippen LogP contribution in [0.15, 0.2) is 28.7 Å². The zero-order valence-electron chi connectivity index (χ0n) is 13.7. The molecule has 24 heavy (non-hydrogen) atoms. The maximum Gasteiger partial charge on any atom is 0.250 e. The van der Waals surface area contributed by atoms with Gasteiger partial charge in [0.05, 0.1) is 10.5 Å². The van der Waals surface area contributed by atoms with Crippen LogP contribution in [0.5, 0.6) is 5.75 Å². The second kappa shape index (κ2) is 8.26. The fourth-order valence-corrected chi connectivity index (χ4v) is 4.59. The van der Waals surface area contributed by atoms with Gasteiger partial charge in [-0.25, -0.2) is 13.1 Å². The normalized spacial score (nSPS) is 11.9. The summed E-state index contributed by atoms with van der Waals surface area (Å²) >= 11 is 7.00. The Labute approximate surface area is 151 Å². The van der Waals surface area contributed by atoms with E-state index < -0.39 is 10.0 Å². The lowest BCUT2D eigenvalue weighted by Gasteiger charge is -2.14. The van der Waals surface area contributed by atoms with Crippen molar-refractivity contribution in [3.8, 4) is 5.75 Å². The molecule has 0 radical (unpaired) electrons. The van der Waals surface area contributed by atoms with Crippen molar-refractivity contribution in [3.63, 3.8) is 0 Å². The zero-order chi connectivity index (χ0) is 17.7. The van der Waals surface area contributed by atoms with E-state index in [2.05, 4.69) is 9.71 Å². The topological polar surface area (TPSA) is 71.5 Å². The molecule has 0 atom stereocenters. The molecule has 0 fully saturated rings. The summed E-state index contributed by atoms with van der Waals surface area (Å²) in [5, 5.41) is 0. The van der Waals surface area contributed by atoms with Gasteiger partial charge < -0.3 is 9.64 Å². The van der Waals surface area contributed by atoms with E-state index in [0.717, 1.165) is 29.0 Å². The molecule has 0 unspecified atom stereocenters. The van der Waals surface area contributed by atoms with Crippen molar-refractivity contribution < 1.29 is 13.2 Å². The van der Waals surface area contributed by atoms with Crippen LogP contribution < -0.4 is 9.46 Å². The summed E-state index contributed by atoms with van der Waals surface area (Å²) in [4.78, 5) is 6.03. The summed E-state index contributed by atoms with van der Waals surface area (Å²) in [6.45, 7) is 3.15. The van der Waals surface area contributed by atoms with Crippen molar-refractivity contribution in [2.24, 2.45) is 0 Å². The summed E-state index contributed by atoms with van der Waals surface area (Å²) in [7, 11) is 0.297. The number of hydrogen-bond acceptors (Lipinski definition) is 6. The third-order valence-corrected chi connectivity index (χ3v) is 6.65. The molecule has 0 aliphatic heterocycles. The third kappa shape index (κ3) is 5.15. The van der Waals surface area contributed by atoms with E-state index in [-0.39, 0.29) is 10.8 Å². The Hall–Kier alpha value is -1.19. The number of likely N-dealkylation sites (N-methyl/N-ethyl adjacent to an activating group) is 1. The number of sulfonamides is 1. The number of pyridine rings is 1. The summed E-state index contributed by atoms with van der Waals surface area (Å²) in [5.74, 6) is 0.572. The van der Waals surface area contributed by atoms with Crippen LogP contribution in [-0.4, -0.2) is 45.5 Å². The zero-order valence-corrected chi connectivity index (χ0v) is 16.1. The number of aromatic nitrogens is 1. The van der Waals surface area contributed by atoms with Crippen molar-refractivity contribution in [1.29, 1.82) is 0 Å². The van der Waals surface area contributed by atoms with Crippen LogP contribution >= 0.6 is 22.9 Å². The molecule has 0 spiro atoms. The highest BCUT2D eigenvalue weighted by Crippen LogP contribution is 2.30. The van der Waals surface area contributed by atoms with E-state index in [1.807, 2.05) is 19.0 Å². The van der Waals surface area contributed by atoms with Gasteiger partial charge in [-0.1, -0.05) is 11.6 Å². The highest BCUT2D eigenvalue weighted by molar-refractivity contribution is 7.91. The highest BCUT2D eigenvalue weighted by Gasteiger charge is 2.19. The molecule has 0 aromatic carbocycles. The quantitative estimate of drug-likeness (QED) is 0.751. The molecule has 132 valence electrons. The van der Waals surface area contributed by atoms with E-state index in [0.29, 0.717) is 16.7 Å². The van der Waals surface area contributed by atoms with Gasteiger partial charge in [0.15, 0.2) is 0 Å². The summed E-state index contributed by atoms with van der Waals surface area (Å²) in [6, 6.07) is 3.30. The van der Waals surface area contributed by atoms with Gasteiger partial charge in [-0.05, 0) is 38.7 Å². The average Bonchev–Trinajstić information content (AvgIpc) is 2.86. The van der Waals surface area contributed by atoms with E-state index in [4.69, 9.17) is 16.3 Å². The van der Waals surface area contributed by atoms with E-state index in [1.54, 1.807) is 31.5 Å². The van der Waals surface area contributed by atoms with Crippen LogP contribution in [0.3, 0.4) is 0 Å². The minimum atomic E-state index is -3.61. The Morgan fingerprint density at radius 1 is 1.42 bits per heavy atom. The monoisotopic (exact) mass is 389 g/mol. The van der Waals surface area contributed by atoms with Gasteiger partial charge in [0.1, 0.15) is 16.6 Å². The predicted octanol–water partition coefficient (Wildman–Crippen LogP) is 2.52. The van der Waals surface area contributed by atoms with Crippen LogP contribution in [-0.2, 0) is 16.6 Å². The molecule has 0 aliphatic carbocycles. The SMILES string of the molecule is Cc1cc(S(=O)(=O)NCc2ccncc2OCCN(C)C)sc1Cl. The highest BCUT2D eigenvalue weighted by atomic mass is 35.5. The standard InChI is InChI=1S/C15H20ClN3O3S2/c1-11-8-14(23-15(11)16)24(20,21)18-9-12-4-5-17-10-13(12)22-7-6-19(2)3/h4-5,8,10,18H,6-7,9H2,1-3H3. The molecular weight excluding hydrogens is 370 g/mol. The van der Waals surface area contributed by atoms with Gasteiger partial charge in [-0.3, -0.25) is 4.98 Å². The minimum Gasteiger partial charge on any atom is -0.490 e. The molecule has 1 N–H and O–H groups in total. The number of ether oxygens (including phenoxy) is 1. The first-order chi connectivity index (χ1) is 11.3. The number of rotatable bonds is 8. The van der Waals surface area contributed by atoms with E-state index in [9.17, 15) is 8.42 Å². The first-order valence-electron chi connectivity index (χ1n) is 7.25. The van der Waals surface area contributed by atoms with Gasteiger partial charge in [0.25, 0.3) is 0 Å². The van der Waals surface area contributed by atoms with Crippen LogP contribution in [0.4, 0.5) is 0 Å². The first kappa shape index (κ1) is 19.1. The Morgan fingerprint density at radius 2 is 2.17 bits per heavy atom. The molecule has 0 saturated carbocycles. The Balaban J connectivity index is 2.06. The van der Waals surface area contributed by atoms with Gasteiger partial charge in [-0.15, -0.1) is 11.3 Å². The fraction of sp³-hybridized carbons (Fsp3) is 0.400. The lowest BCUT2D eigenvalue weighted by Crippen LogP contribution is -2.23. The average molecular weight is 390 g/mol. The van der Waals surface area contributed by atoms with Gasteiger partial charge in [0.2, 0.25) is 10.0 Å². The summed E-state index contributed by atoms with van der Waals surface area (Å²) in [6.07, 6.45) is 3.19. The number of aryl methyl sites for hydroxylation is 1. The molecule has 6 nitrogen and oxygen atoms in total. The molecule has 0 saturated heterocycles. The first-order valence-corrected chi connectivity index (χ1v) is 9.93.